The van der Waals surface area contributed by atoms with Gasteiger partial charge < -0.3 is 14.8 Å². The summed E-state index contributed by atoms with van der Waals surface area (Å²) < 4.78 is 36.5. The second-order valence-corrected chi connectivity index (χ2v) is 9.24. The molecule has 1 N–H and O–H groups in total. The number of rotatable bonds is 12. The Morgan fingerprint density at radius 1 is 1.10 bits per heavy atom. The Bertz CT molecular complexity index is 917. The average molecular weight is 453 g/mol. The van der Waals surface area contributed by atoms with E-state index in [1.165, 1.54) is 22.3 Å². The first-order chi connectivity index (χ1) is 14.3. The largest absolute Gasteiger partial charge is 0.497 e. The average Bonchev–Trinajstić information content (AvgIpc) is 2.74. The van der Waals surface area contributed by atoms with Crippen LogP contribution < -0.4 is 19.1 Å². The third-order valence-electron chi connectivity index (χ3n) is 4.27. The number of sulfonamides is 1. The topological polar surface area (TPSA) is 84.9 Å². The third kappa shape index (κ3) is 7.46. The van der Waals surface area contributed by atoms with Crippen LogP contribution in [0.3, 0.4) is 0 Å². The summed E-state index contributed by atoms with van der Waals surface area (Å²) in [5, 5.41) is 2.79. The second kappa shape index (κ2) is 11.7. The highest BCUT2D eigenvalue weighted by Crippen LogP contribution is 2.30. The van der Waals surface area contributed by atoms with Crippen molar-refractivity contribution in [2.24, 2.45) is 0 Å². The first kappa shape index (κ1) is 23.9. The fourth-order valence-electron chi connectivity index (χ4n) is 2.80. The monoisotopic (exact) mass is 452 g/mol. The van der Waals surface area contributed by atoms with E-state index in [9.17, 15) is 13.2 Å². The van der Waals surface area contributed by atoms with E-state index in [1.54, 1.807) is 37.4 Å². The number of benzene rings is 2. The van der Waals surface area contributed by atoms with Crippen LogP contribution in [-0.4, -0.2) is 53.6 Å². The molecule has 0 unspecified atom stereocenters. The summed E-state index contributed by atoms with van der Waals surface area (Å²) in [6, 6.07) is 14.5. The van der Waals surface area contributed by atoms with Gasteiger partial charge in [0.25, 0.3) is 0 Å². The molecule has 0 aliphatic carbocycles. The van der Waals surface area contributed by atoms with E-state index in [0.29, 0.717) is 31.0 Å². The van der Waals surface area contributed by atoms with Gasteiger partial charge in [-0.25, -0.2) is 8.42 Å². The van der Waals surface area contributed by atoms with Gasteiger partial charge in [0.15, 0.2) is 0 Å². The van der Waals surface area contributed by atoms with Crippen LogP contribution in [0.2, 0.25) is 0 Å². The molecule has 2 aromatic rings. The number of carbonyl (C=O) groups is 1. The molecular formula is C21H28N2O5S2. The number of anilines is 1. The summed E-state index contributed by atoms with van der Waals surface area (Å²) in [5.74, 6) is 1.31. The molecule has 7 nitrogen and oxygen atoms in total. The number of hydrogen-bond donors (Lipinski definition) is 1. The molecule has 0 fully saturated rings. The van der Waals surface area contributed by atoms with E-state index in [-0.39, 0.29) is 18.9 Å². The predicted octanol–water partition coefficient (Wildman–Crippen LogP) is 3.16. The van der Waals surface area contributed by atoms with Crippen molar-refractivity contribution in [1.82, 2.24) is 5.32 Å². The lowest BCUT2D eigenvalue weighted by molar-refractivity contribution is -0.121. The lowest BCUT2D eigenvalue weighted by Gasteiger charge is -2.24. The normalized spacial score (nSPS) is 11.0. The minimum Gasteiger partial charge on any atom is -0.497 e. The minimum atomic E-state index is -3.45. The molecule has 0 aromatic heterocycles. The van der Waals surface area contributed by atoms with Crippen LogP contribution in [0.4, 0.5) is 5.69 Å². The first-order valence-electron chi connectivity index (χ1n) is 9.49. The molecule has 0 spiro atoms. The number of nitrogens with one attached hydrogen (secondary N) is 1. The molecule has 0 bridgehead atoms. The predicted molar refractivity (Wildman–Crippen MR) is 121 cm³/mol. The van der Waals surface area contributed by atoms with Crippen LogP contribution in [0.1, 0.15) is 12.8 Å². The quantitative estimate of drug-likeness (QED) is 0.393. The summed E-state index contributed by atoms with van der Waals surface area (Å²) in [7, 11) is -1.85. The SMILES string of the molecule is COc1ccc(OCCNC(=O)CCCN(c2ccccc2SC)S(C)(=O)=O)cc1. The van der Waals surface area contributed by atoms with E-state index >= 15 is 0 Å². The molecule has 0 heterocycles. The standard InChI is InChI=1S/C21H28N2O5S2/c1-27-17-10-12-18(13-11-17)28-16-14-22-21(24)9-6-15-23(30(3,25)26)19-7-4-5-8-20(19)29-2/h4-5,7-8,10-13H,6,9,14-16H2,1-3H3,(H,22,24). The number of nitrogens with zero attached hydrogens (tertiary/aromatic N) is 1. The first-order valence-corrected chi connectivity index (χ1v) is 12.6. The van der Waals surface area contributed by atoms with Gasteiger partial charge in [0.1, 0.15) is 18.1 Å². The van der Waals surface area contributed by atoms with Gasteiger partial charge in [-0.2, -0.15) is 0 Å². The number of methoxy groups -OCH3 is 1. The number of para-hydroxylation sites is 1. The van der Waals surface area contributed by atoms with Crippen molar-refractivity contribution in [3.05, 3.63) is 48.5 Å². The highest BCUT2D eigenvalue weighted by molar-refractivity contribution is 7.99. The van der Waals surface area contributed by atoms with Gasteiger partial charge in [0, 0.05) is 17.9 Å². The summed E-state index contributed by atoms with van der Waals surface area (Å²) in [5.41, 5.74) is 0.640. The van der Waals surface area contributed by atoms with Crippen LogP contribution in [0.15, 0.2) is 53.4 Å². The van der Waals surface area contributed by atoms with E-state index in [2.05, 4.69) is 5.32 Å². The van der Waals surface area contributed by atoms with Gasteiger partial charge >= 0.3 is 0 Å². The molecule has 30 heavy (non-hydrogen) atoms. The lowest BCUT2D eigenvalue weighted by Crippen LogP contribution is -2.33. The van der Waals surface area contributed by atoms with Crippen molar-refractivity contribution < 1.29 is 22.7 Å². The van der Waals surface area contributed by atoms with Crippen LogP contribution in [0.5, 0.6) is 11.5 Å². The third-order valence-corrected chi connectivity index (χ3v) is 6.24. The van der Waals surface area contributed by atoms with Crippen LogP contribution >= 0.6 is 11.8 Å². The van der Waals surface area contributed by atoms with Gasteiger partial charge in [-0.1, -0.05) is 12.1 Å². The number of carbonyl (C=O) groups excluding carboxylic acids is 1. The maximum Gasteiger partial charge on any atom is 0.232 e. The second-order valence-electron chi connectivity index (χ2n) is 6.48. The molecule has 2 rings (SSSR count). The highest BCUT2D eigenvalue weighted by atomic mass is 32.2. The maximum atomic E-state index is 12.3. The Morgan fingerprint density at radius 3 is 2.40 bits per heavy atom. The Kier molecular flexibility index (Phi) is 9.32. The van der Waals surface area contributed by atoms with Gasteiger partial charge in [-0.15, -0.1) is 11.8 Å². The van der Waals surface area contributed by atoms with Crippen LogP contribution in [-0.2, 0) is 14.8 Å². The van der Waals surface area contributed by atoms with Crippen molar-refractivity contribution in [3.8, 4) is 11.5 Å². The maximum absolute atomic E-state index is 12.3. The Labute approximate surface area is 182 Å². The molecule has 0 aliphatic rings. The van der Waals surface area contributed by atoms with Gasteiger partial charge in [0.2, 0.25) is 15.9 Å². The number of thioether (sulfide) groups is 1. The van der Waals surface area contributed by atoms with Gasteiger partial charge in [0.05, 0.1) is 25.6 Å². The van der Waals surface area contributed by atoms with E-state index in [4.69, 9.17) is 9.47 Å². The molecule has 2 aromatic carbocycles. The molecular weight excluding hydrogens is 424 g/mol. The molecule has 0 radical (unpaired) electrons. The fourth-order valence-corrected chi connectivity index (χ4v) is 4.44. The summed E-state index contributed by atoms with van der Waals surface area (Å²) in [6.07, 6.45) is 3.73. The lowest BCUT2D eigenvalue weighted by atomic mass is 10.2. The number of amides is 1. The van der Waals surface area contributed by atoms with Gasteiger partial charge in [-0.3, -0.25) is 9.10 Å². The molecule has 0 saturated carbocycles. The van der Waals surface area contributed by atoms with Crippen molar-refractivity contribution in [3.63, 3.8) is 0 Å². The number of ether oxygens (including phenoxy) is 2. The Hall–Kier alpha value is -2.39. The van der Waals surface area contributed by atoms with Crippen molar-refractivity contribution in [2.75, 3.05) is 43.6 Å². The number of hydrogen-bond acceptors (Lipinski definition) is 6. The van der Waals surface area contributed by atoms with Crippen molar-refractivity contribution in [1.29, 1.82) is 0 Å². The molecule has 164 valence electrons. The van der Waals surface area contributed by atoms with Crippen LogP contribution in [0, 0.1) is 0 Å². The summed E-state index contributed by atoms with van der Waals surface area (Å²) in [4.78, 5) is 13.0. The zero-order valence-electron chi connectivity index (χ0n) is 17.5. The Balaban J connectivity index is 1.77. The molecule has 0 aliphatic heterocycles. The summed E-state index contributed by atoms with van der Waals surface area (Å²) >= 11 is 1.49. The molecule has 1 amide bonds. The molecule has 0 atom stereocenters. The van der Waals surface area contributed by atoms with E-state index < -0.39 is 10.0 Å². The zero-order chi connectivity index (χ0) is 22.0. The Morgan fingerprint density at radius 2 is 1.77 bits per heavy atom. The zero-order valence-corrected chi connectivity index (χ0v) is 19.1. The van der Waals surface area contributed by atoms with Gasteiger partial charge in [-0.05, 0) is 49.1 Å². The minimum absolute atomic E-state index is 0.139. The molecule has 9 heteroatoms. The molecule has 0 saturated heterocycles. The van der Waals surface area contributed by atoms with Crippen molar-refractivity contribution in [2.45, 2.75) is 17.7 Å². The van der Waals surface area contributed by atoms with E-state index in [1.807, 2.05) is 24.5 Å². The summed E-state index contributed by atoms with van der Waals surface area (Å²) in [6.45, 7) is 0.955. The van der Waals surface area contributed by atoms with Crippen molar-refractivity contribution >= 4 is 33.4 Å². The smallest absolute Gasteiger partial charge is 0.232 e. The van der Waals surface area contributed by atoms with Crippen LogP contribution in [0.25, 0.3) is 0 Å². The van der Waals surface area contributed by atoms with E-state index in [0.717, 1.165) is 10.6 Å². The fraction of sp³-hybridized carbons (Fsp3) is 0.381. The highest BCUT2D eigenvalue weighted by Gasteiger charge is 2.20.